The van der Waals surface area contributed by atoms with E-state index in [1.54, 1.807) is 0 Å². The summed E-state index contributed by atoms with van der Waals surface area (Å²) < 4.78 is 0. The number of amides is 1. The number of carbonyl (C=O) groups excluding carboxylic acids is 1. The molecule has 1 fully saturated rings. The zero-order valence-corrected chi connectivity index (χ0v) is 22.6. The van der Waals surface area contributed by atoms with E-state index in [0.717, 1.165) is 59.7 Å². The molecule has 4 aromatic rings. The topological polar surface area (TPSA) is 49.3 Å². The van der Waals surface area contributed by atoms with E-state index in [1.807, 2.05) is 35.2 Å². The van der Waals surface area contributed by atoms with Gasteiger partial charge in [-0.25, -0.2) is 9.97 Å². The van der Waals surface area contributed by atoms with Gasteiger partial charge in [0.2, 0.25) is 0 Å². The van der Waals surface area contributed by atoms with Crippen LogP contribution in [0.5, 0.6) is 0 Å². The van der Waals surface area contributed by atoms with Gasteiger partial charge in [0, 0.05) is 37.3 Å². The number of hydrogen-bond acceptors (Lipinski definition) is 4. The predicted molar refractivity (Wildman–Crippen MR) is 152 cm³/mol. The molecule has 0 saturated carbocycles. The summed E-state index contributed by atoms with van der Waals surface area (Å²) in [5.41, 5.74) is 8.26. The first kappa shape index (κ1) is 24.9. The van der Waals surface area contributed by atoms with Crippen LogP contribution in [-0.4, -0.2) is 47.0 Å². The average Bonchev–Trinajstić information content (AvgIpc) is 3.15. The highest BCUT2D eigenvalue weighted by atomic mass is 16.2. The molecule has 0 radical (unpaired) electrons. The fraction of sp³-hybridized carbons (Fsp3) is 0.344. The second kappa shape index (κ2) is 9.97. The maximum atomic E-state index is 13.4. The maximum Gasteiger partial charge on any atom is 0.253 e. The third-order valence-corrected chi connectivity index (χ3v) is 7.39. The molecular weight excluding hydrogens is 456 g/mol. The van der Waals surface area contributed by atoms with Gasteiger partial charge in [-0.15, -0.1) is 0 Å². The molecule has 0 N–H and O–H groups in total. The Kier molecular flexibility index (Phi) is 6.72. The van der Waals surface area contributed by atoms with Crippen molar-refractivity contribution in [3.63, 3.8) is 0 Å². The largest absolute Gasteiger partial charge is 0.353 e. The van der Waals surface area contributed by atoms with Crippen molar-refractivity contribution in [3.8, 4) is 11.3 Å². The molecule has 1 aromatic heterocycles. The van der Waals surface area contributed by atoms with Gasteiger partial charge < -0.3 is 9.80 Å². The molecule has 190 valence electrons. The average molecular weight is 493 g/mol. The zero-order chi connectivity index (χ0) is 26.2. The summed E-state index contributed by atoms with van der Waals surface area (Å²) in [6.07, 6.45) is 0.882. The second-order valence-corrected chi connectivity index (χ2v) is 11.1. The van der Waals surface area contributed by atoms with Crippen LogP contribution < -0.4 is 4.90 Å². The molecule has 37 heavy (non-hydrogen) atoms. The Morgan fingerprint density at radius 3 is 2.08 bits per heavy atom. The van der Waals surface area contributed by atoms with Crippen molar-refractivity contribution in [2.45, 2.75) is 46.5 Å². The summed E-state index contributed by atoms with van der Waals surface area (Å²) in [7, 11) is 0. The first-order chi connectivity index (χ1) is 17.7. The van der Waals surface area contributed by atoms with E-state index in [4.69, 9.17) is 9.97 Å². The molecule has 2 heterocycles. The normalized spacial score (nSPS) is 14.6. The van der Waals surface area contributed by atoms with Crippen molar-refractivity contribution in [2.24, 2.45) is 0 Å². The van der Waals surface area contributed by atoms with E-state index in [0.29, 0.717) is 6.54 Å². The lowest BCUT2D eigenvalue weighted by molar-refractivity contribution is 0.0767. The molecule has 0 bridgehead atoms. The number of anilines is 1. The number of fused-ring (bicyclic) bond motifs is 1. The molecule has 1 aliphatic heterocycles. The highest BCUT2D eigenvalue weighted by Gasteiger charge is 2.24. The van der Waals surface area contributed by atoms with Gasteiger partial charge in [-0.05, 0) is 66.6 Å². The van der Waals surface area contributed by atoms with Gasteiger partial charge in [0.05, 0.1) is 11.0 Å². The van der Waals surface area contributed by atoms with Gasteiger partial charge in [0.25, 0.3) is 5.91 Å². The summed E-state index contributed by atoms with van der Waals surface area (Å²) in [6.45, 7) is 13.7. The highest BCUT2D eigenvalue weighted by Crippen LogP contribution is 2.31. The minimum Gasteiger partial charge on any atom is -0.353 e. The van der Waals surface area contributed by atoms with Crippen LogP contribution in [0.15, 0.2) is 66.7 Å². The lowest BCUT2D eigenvalue weighted by Gasteiger charge is -2.25. The summed E-state index contributed by atoms with van der Waals surface area (Å²) in [4.78, 5) is 27.9. The Hall–Kier alpha value is -3.73. The monoisotopic (exact) mass is 492 g/mol. The first-order valence-electron chi connectivity index (χ1n) is 13.2. The van der Waals surface area contributed by atoms with Crippen molar-refractivity contribution >= 4 is 22.8 Å². The molecule has 1 saturated heterocycles. The SMILES string of the molecule is Cc1cc2nc(-c3ccccc3)c(N3CCCN(C(=O)c4ccc(C(C)(C)C)cc4)CC3)nc2cc1C. The van der Waals surface area contributed by atoms with Crippen molar-refractivity contribution in [3.05, 3.63) is 89.0 Å². The van der Waals surface area contributed by atoms with E-state index in [2.05, 4.69) is 75.9 Å². The smallest absolute Gasteiger partial charge is 0.253 e. The number of rotatable bonds is 3. The molecular formula is C32H36N4O. The standard InChI is InChI=1S/C32H36N4O/c1-22-20-27-28(21-23(22)2)34-30(29(33-27)24-10-7-6-8-11-24)35-16-9-17-36(19-18-35)31(37)25-12-14-26(15-13-25)32(3,4)5/h6-8,10-15,20-21H,9,16-19H2,1-5H3. The van der Waals surface area contributed by atoms with Crippen molar-refractivity contribution in [1.29, 1.82) is 0 Å². The highest BCUT2D eigenvalue weighted by molar-refractivity contribution is 5.94. The van der Waals surface area contributed by atoms with E-state index >= 15 is 0 Å². The number of carbonyl (C=O) groups is 1. The molecule has 0 spiro atoms. The Morgan fingerprint density at radius 2 is 1.43 bits per heavy atom. The van der Waals surface area contributed by atoms with Crippen LogP contribution in [-0.2, 0) is 5.41 Å². The minimum atomic E-state index is 0.0687. The third-order valence-electron chi connectivity index (χ3n) is 7.39. The molecule has 5 nitrogen and oxygen atoms in total. The van der Waals surface area contributed by atoms with E-state index in [-0.39, 0.29) is 11.3 Å². The summed E-state index contributed by atoms with van der Waals surface area (Å²) in [6, 6.07) is 22.6. The lowest BCUT2D eigenvalue weighted by atomic mass is 9.86. The Morgan fingerprint density at radius 1 is 0.784 bits per heavy atom. The van der Waals surface area contributed by atoms with Crippen LogP contribution in [0.4, 0.5) is 5.82 Å². The molecule has 1 amide bonds. The molecule has 5 rings (SSSR count). The number of aryl methyl sites for hydroxylation is 2. The Balaban J connectivity index is 1.43. The van der Waals surface area contributed by atoms with Gasteiger partial charge in [0.1, 0.15) is 5.69 Å². The first-order valence-corrected chi connectivity index (χ1v) is 13.2. The second-order valence-electron chi connectivity index (χ2n) is 11.1. The molecule has 0 atom stereocenters. The number of hydrogen-bond donors (Lipinski definition) is 0. The van der Waals surface area contributed by atoms with Gasteiger partial charge in [0.15, 0.2) is 5.82 Å². The molecule has 0 aliphatic carbocycles. The lowest BCUT2D eigenvalue weighted by Crippen LogP contribution is -2.35. The van der Waals surface area contributed by atoms with Crippen LogP contribution in [0, 0.1) is 13.8 Å². The van der Waals surface area contributed by atoms with Gasteiger partial charge in [-0.1, -0.05) is 63.2 Å². The number of benzene rings is 3. The predicted octanol–water partition coefficient (Wildman–Crippen LogP) is 6.56. The molecule has 3 aromatic carbocycles. The molecule has 0 unspecified atom stereocenters. The fourth-order valence-corrected chi connectivity index (χ4v) is 4.94. The van der Waals surface area contributed by atoms with Gasteiger partial charge in [-0.3, -0.25) is 4.79 Å². The van der Waals surface area contributed by atoms with Crippen molar-refractivity contribution in [2.75, 3.05) is 31.1 Å². The summed E-state index contributed by atoms with van der Waals surface area (Å²) >= 11 is 0. The summed E-state index contributed by atoms with van der Waals surface area (Å²) in [5.74, 6) is 0.993. The molecule has 5 heteroatoms. The van der Waals surface area contributed by atoms with Crippen LogP contribution in [0.3, 0.4) is 0 Å². The maximum absolute atomic E-state index is 13.4. The van der Waals surface area contributed by atoms with Crippen LogP contribution in [0.25, 0.3) is 22.3 Å². The van der Waals surface area contributed by atoms with Gasteiger partial charge in [-0.2, -0.15) is 0 Å². The summed E-state index contributed by atoms with van der Waals surface area (Å²) in [5, 5.41) is 0. The van der Waals surface area contributed by atoms with E-state index < -0.39 is 0 Å². The quantitative estimate of drug-likeness (QED) is 0.325. The van der Waals surface area contributed by atoms with Gasteiger partial charge >= 0.3 is 0 Å². The Bertz CT molecular complexity index is 1420. The van der Waals surface area contributed by atoms with Crippen molar-refractivity contribution in [1.82, 2.24) is 14.9 Å². The van der Waals surface area contributed by atoms with E-state index in [1.165, 1.54) is 16.7 Å². The molecule has 1 aliphatic rings. The Labute approximate surface area is 220 Å². The fourth-order valence-electron chi connectivity index (χ4n) is 4.94. The van der Waals surface area contributed by atoms with Crippen LogP contribution in [0.2, 0.25) is 0 Å². The van der Waals surface area contributed by atoms with E-state index in [9.17, 15) is 4.79 Å². The van der Waals surface area contributed by atoms with Crippen molar-refractivity contribution < 1.29 is 4.79 Å². The minimum absolute atomic E-state index is 0.0687. The number of nitrogens with zero attached hydrogens (tertiary/aromatic N) is 4. The van der Waals surface area contributed by atoms with Crippen LogP contribution >= 0.6 is 0 Å². The number of aromatic nitrogens is 2. The third kappa shape index (κ3) is 5.22. The van der Waals surface area contributed by atoms with Crippen LogP contribution in [0.1, 0.15) is 54.2 Å². The zero-order valence-electron chi connectivity index (χ0n) is 22.6.